The van der Waals surface area contributed by atoms with Gasteiger partial charge in [-0.05, 0) is 67.3 Å². The van der Waals surface area contributed by atoms with E-state index in [-0.39, 0.29) is 11.8 Å². The molecule has 34 heavy (non-hydrogen) atoms. The number of unbranched alkanes of at least 4 members (excludes halogenated alkanes) is 2. The molecular formula is C29H38N2O3. The van der Waals surface area contributed by atoms with Crippen LogP contribution >= 0.6 is 0 Å². The fourth-order valence-electron chi connectivity index (χ4n) is 5.51. The van der Waals surface area contributed by atoms with Crippen molar-refractivity contribution in [2.45, 2.75) is 64.7 Å². The molecule has 0 bridgehead atoms. The highest BCUT2D eigenvalue weighted by Crippen LogP contribution is 2.37. The Morgan fingerprint density at radius 1 is 1.00 bits per heavy atom. The average molecular weight is 463 g/mol. The lowest BCUT2D eigenvalue weighted by Crippen LogP contribution is -2.44. The van der Waals surface area contributed by atoms with Gasteiger partial charge in [0.1, 0.15) is 5.75 Å². The molecule has 0 radical (unpaired) electrons. The van der Waals surface area contributed by atoms with Gasteiger partial charge in [-0.2, -0.15) is 0 Å². The minimum absolute atomic E-state index is 0.0254. The maximum atomic E-state index is 13.3. The molecule has 2 aromatic rings. The van der Waals surface area contributed by atoms with E-state index in [1.54, 1.807) is 25.3 Å². The summed E-state index contributed by atoms with van der Waals surface area (Å²) in [5, 5.41) is 2.94. The number of benzene rings is 2. The summed E-state index contributed by atoms with van der Waals surface area (Å²) in [7, 11) is 1.57. The molecule has 2 fully saturated rings. The minimum Gasteiger partial charge on any atom is -0.496 e. The van der Waals surface area contributed by atoms with Crippen LogP contribution in [0.25, 0.3) is 0 Å². The van der Waals surface area contributed by atoms with Crippen LogP contribution in [0.5, 0.6) is 5.75 Å². The number of fused-ring (bicyclic) bond motifs is 1. The van der Waals surface area contributed by atoms with Crippen LogP contribution in [0.15, 0.2) is 42.5 Å². The number of carbonyl (C=O) groups is 2. The summed E-state index contributed by atoms with van der Waals surface area (Å²) < 4.78 is 5.56. The van der Waals surface area contributed by atoms with Crippen LogP contribution in [0.3, 0.4) is 0 Å². The Hall–Kier alpha value is -2.82. The van der Waals surface area contributed by atoms with E-state index in [2.05, 4.69) is 12.2 Å². The van der Waals surface area contributed by atoms with Gasteiger partial charge in [0, 0.05) is 30.4 Å². The molecule has 2 aromatic carbocycles. The summed E-state index contributed by atoms with van der Waals surface area (Å²) in [5.41, 5.74) is 3.06. The van der Waals surface area contributed by atoms with Gasteiger partial charge in [0.15, 0.2) is 0 Å². The third-order valence-electron chi connectivity index (χ3n) is 7.55. The molecule has 1 aliphatic heterocycles. The number of hydrogen-bond acceptors (Lipinski definition) is 3. The van der Waals surface area contributed by atoms with Crippen molar-refractivity contribution in [2.75, 3.05) is 25.5 Å². The number of carbonyl (C=O) groups excluding carboxylic acids is 2. The van der Waals surface area contributed by atoms with Crippen LogP contribution in [-0.4, -0.2) is 36.9 Å². The smallest absolute Gasteiger partial charge is 0.257 e. The lowest BCUT2D eigenvalue weighted by atomic mass is 9.75. The van der Waals surface area contributed by atoms with E-state index in [0.29, 0.717) is 28.5 Å². The third-order valence-corrected chi connectivity index (χ3v) is 7.55. The van der Waals surface area contributed by atoms with Crippen molar-refractivity contribution in [3.05, 3.63) is 59.2 Å². The zero-order valence-electron chi connectivity index (χ0n) is 20.6. The Balaban J connectivity index is 1.39. The zero-order valence-corrected chi connectivity index (χ0v) is 20.6. The maximum Gasteiger partial charge on any atom is 0.257 e. The van der Waals surface area contributed by atoms with Crippen LogP contribution in [0.1, 0.15) is 84.6 Å². The molecule has 1 N–H and O–H groups in total. The molecule has 1 saturated carbocycles. The van der Waals surface area contributed by atoms with E-state index in [9.17, 15) is 9.59 Å². The van der Waals surface area contributed by atoms with E-state index in [0.717, 1.165) is 31.8 Å². The lowest BCUT2D eigenvalue weighted by molar-refractivity contribution is 0.0518. The molecule has 0 spiro atoms. The highest BCUT2D eigenvalue weighted by molar-refractivity contribution is 6.05. The Kier molecular flexibility index (Phi) is 8.25. The highest BCUT2D eigenvalue weighted by atomic mass is 16.5. The summed E-state index contributed by atoms with van der Waals surface area (Å²) in [5.74, 6) is 1.77. The quantitative estimate of drug-likeness (QED) is 0.466. The van der Waals surface area contributed by atoms with Crippen LogP contribution in [0, 0.1) is 11.8 Å². The summed E-state index contributed by atoms with van der Waals surface area (Å²) in [6.45, 7) is 3.86. The molecule has 0 aromatic heterocycles. The summed E-state index contributed by atoms with van der Waals surface area (Å²) in [4.78, 5) is 28.0. The topological polar surface area (TPSA) is 58.6 Å². The van der Waals surface area contributed by atoms with Crippen LogP contribution in [-0.2, 0) is 6.42 Å². The van der Waals surface area contributed by atoms with Gasteiger partial charge in [-0.3, -0.25) is 9.59 Å². The maximum absolute atomic E-state index is 13.3. The van der Waals surface area contributed by atoms with Crippen molar-refractivity contribution in [1.29, 1.82) is 0 Å². The number of amides is 2. The first-order chi connectivity index (χ1) is 16.6. The first-order valence-electron chi connectivity index (χ1n) is 13.0. The van der Waals surface area contributed by atoms with Crippen molar-refractivity contribution in [3.8, 4) is 5.75 Å². The number of rotatable bonds is 8. The summed E-state index contributed by atoms with van der Waals surface area (Å²) in [6, 6.07) is 13.1. The van der Waals surface area contributed by atoms with Crippen molar-refractivity contribution in [1.82, 2.24) is 4.90 Å². The molecule has 5 heteroatoms. The number of likely N-dealkylation sites (tertiary alicyclic amines) is 1. The van der Waals surface area contributed by atoms with E-state index < -0.39 is 0 Å². The number of nitrogens with zero attached hydrogens (tertiary/aromatic N) is 1. The van der Waals surface area contributed by atoms with Gasteiger partial charge in [0.2, 0.25) is 0 Å². The number of aryl methyl sites for hydroxylation is 1. The highest BCUT2D eigenvalue weighted by Gasteiger charge is 2.33. The van der Waals surface area contributed by atoms with E-state index >= 15 is 0 Å². The molecule has 1 saturated heterocycles. The van der Waals surface area contributed by atoms with Gasteiger partial charge in [0.05, 0.1) is 12.7 Å². The standard InChI is InChI=1S/C29H38N2O3/c1-3-4-5-8-21-11-13-23(14-12-21)28(32)30-25-15-16-26(27(19-25)34-2)29(33)31-18-17-22-9-6-7-10-24(22)20-31/h11-16,19,22,24H,3-10,17-18,20H2,1-2H3,(H,30,32)/t22-,24+/m1/s1. The monoisotopic (exact) mass is 462 g/mol. The summed E-state index contributed by atoms with van der Waals surface area (Å²) in [6.07, 6.45) is 10.9. The zero-order chi connectivity index (χ0) is 23.9. The molecule has 1 heterocycles. The average Bonchev–Trinajstić information content (AvgIpc) is 2.88. The fraction of sp³-hybridized carbons (Fsp3) is 0.517. The number of methoxy groups -OCH3 is 1. The van der Waals surface area contributed by atoms with Gasteiger partial charge in [0.25, 0.3) is 11.8 Å². The van der Waals surface area contributed by atoms with E-state index in [4.69, 9.17) is 4.74 Å². The fourth-order valence-corrected chi connectivity index (χ4v) is 5.51. The van der Waals surface area contributed by atoms with Gasteiger partial charge >= 0.3 is 0 Å². The minimum atomic E-state index is -0.166. The van der Waals surface area contributed by atoms with Crippen LogP contribution in [0.4, 0.5) is 5.69 Å². The number of anilines is 1. The second-order valence-corrected chi connectivity index (χ2v) is 9.87. The van der Waals surface area contributed by atoms with Gasteiger partial charge in [-0.1, -0.05) is 51.2 Å². The Morgan fingerprint density at radius 2 is 1.76 bits per heavy atom. The first-order valence-corrected chi connectivity index (χ1v) is 13.0. The molecule has 1 aliphatic carbocycles. The molecular weight excluding hydrogens is 424 g/mol. The number of hydrogen-bond donors (Lipinski definition) is 1. The molecule has 2 amide bonds. The predicted octanol–water partition coefficient (Wildman–Crippen LogP) is 6.33. The predicted molar refractivity (Wildman–Crippen MR) is 137 cm³/mol. The normalized spacial score (nSPS) is 19.9. The largest absolute Gasteiger partial charge is 0.496 e. The second kappa shape index (κ2) is 11.5. The van der Waals surface area contributed by atoms with Crippen LogP contribution in [0.2, 0.25) is 0 Å². The molecule has 0 unspecified atom stereocenters. The third kappa shape index (κ3) is 5.81. The Bertz CT molecular complexity index is 985. The van der Waals surface area contributed by atoms with Gasteiger partial charge < -0.3 is 15.0 Å². The summed E-state index contributed by atoms with van der Waals surface area (Å²) >= 11 is 0. The SMILES string of the molecule is CCCCCc1ccc(C(=O)Nc2ccc(C(=O)N3CC[C@H]4CCCC[C@H]4C3)c(OC)c2)cc1. The number of piperidine rings is 1. The van der Waals surface area contributed by atoms with Crippen LogP contribution < -0.4 is 10.1 Å². The van der Waals surface area contributed by atoms with E-state index in [1.165, 1.54) is 50.5 Å². The molecule has 2 aliphatic rings. The molecule has 5 nitrogen and oxygen atoms in total. The number of ether oxygens (including phenoxy) is 1. The Labute approximate surface area is 203 Å². The van der Waals surface area contributed by atoms with Crippen molar-refractivity contribution in [2.24, 2.45) is 11.8 Å². The van der Waals surface area contributed by atoms with Gasteiger partial charge in [-0.25, -0.2) is 0 Å². The van der Waals surface area contributed by atoms with E-state index in [1.807, 2.05) is 29.2 Å². The molecule has 4 rings (SSSR count). The lowest BCUT2D eigenvalue weighted by Gasteiger charge is -2.41. The first kappa shape index (κ1) is 24.3. The molecule has 182 valence electrons. The Morgan fingerprint density at radius 3 is 2.50 bits per heavy atom. The van der Waals surface area contributed by atoms with Crippen molar-refractivity contribution >= 4 is 17.5 Å². The van der Waals surface area contributed by atoms with Crippen molar-refractivity contribution < 1.29 is 14.3 Å². The second-order valence-electron chi connectivity index (χ2n) is 9.87. The van der Waals surface area contributed by atoms with Crippen molar-refractivity contribution in [3.63, 3.8) is 0 Å². The van der Waals surface area contributed by atoms with Gasteiger partial charge in [-0.15, -0.1) is 0 Å². The molecule has 2 atom stereocenters. The number of nitrogens with one attached hydrogen (secondary N) is 1.